The van der Waals surface area contributed by atoms with Gasteiger partial charge in [0.05, 0.1) is 19.8 Å². The fourth-order valence-corrected chi connectivity index (χ4v) is 4.02. The normalized spacial score (nSPS) is 12.3. The highest BCUT2D eigenvalue weighted by Gasteiger charge is 2.24. The molecule has 0 fully saturated rings. The topological polar surface area (TPSA) is 64.2 Å². The molecule has 0 saturated heterocycles. The van der Waals surface area contributed by atoms with Crippen molar-refractivity contribution in [3.63, 3.8) is 0 Å². The summed E-state index contributed by atoms with van der Waals surface area (Å²) in [6.45, 7) is 5.73. The molecule has 8 heteroatoms. The number of thioether (sulfide) groups is 1. The van der Waals surface area contributed by atoms with Crippen molar-refractivity contribution in [2.24, 2.45) is 0 Å². The number of aromatic nitrogens is 3. The first-order chi connectivity index (χ1) is 14.0. The van der Waals surface area contributed by atoms with Gasteiger partial charge in [-0.15, -0.1) is 10.2 Å². The molecule has 0 saturated carbocycles. The summed E-state index contributed by atoms with van der Waals surface area (Å²) in [7, 11) is 4.27. The van der Waals surface area contributed by atoms with Gasteiger partial charge in [0.25, 0.3) is 0 Å². The Labute approximate surface area is 177 Å². The summed E-state index contributed by atoms with van der Waals surface area (Å²) in [5.74, 6) is 1.02. The van der Waals surface area contributed by atoms with Crippen LogP contribution in [0.4, 0.5) is 4.39 Å². The van der Waals surface area contributed by atoms with Crippen LogP contribution in [-0.4, -0.2) is 47.1 Å². The van der Waals surface area contributed by atoms with E-state index in [9.17, 15) is 9.18 Å². The third kappa shape index (κ3) is 7.12. The quantitative estimate of drug-likeness (QED) is 0.515. The van der Waals surface area contributed by atoms with Crippen molar-refractivity contribution in [1.82, 2.24) is 20.1 Å². The molecule has 2 rings (SSSR count). The van der Waals surface area contributed by atoms with Gasteiger partial charge in [-0.2, -0.15) is 0 Å². The lowest BCUT2D eigenvalue weighted by Gasteiger charge is -2.20. The third-order valence-corrected chi connectivity index (χ3v) is 5.85. The predicted molar refractivity (Wildman–Crippen MR) is 115 cm³/mol. The van der Waals surface area contributed by atoms with Crippen molar-refractivity contribution in [2.45, 2.75) is 57.3 Å². The molecule has 1 aromatic carbocycles. The molecular formula is C21H33FN5OS+. The number of hydrogen-bond donors (Lipinski definition) is 2. The Kier molecular flexibility index (Phi) is 9.60. The van der Waals surface area contributed by atoms with Gasteiger partial charge in [-0.1, -0.05) is 44.2 Å². The van der Waals surface area contributed by atoms with Crippen LogP contribution in [0, 0.1) is 5.82 Å². The first kappa shape index (κ1) is 23.3. The monoisotopic (exact) mass is 422 g/mol. The molecule has 0 aliphatic rings. The maximum absolute atomic E-state index is 12.9. The van der Waals surface area contributed by atoms with Gasteiger partial charge in [0, 0.05) is 19.5 Å². The second kappa shape index (κ2) is 11.9. The van der Waals surface area contributed by atoms with E-state index in [-0.39, 0.29) is 11.7 Å². The van der Waals surface area contributed by atoms with E-state index in [4.69, 9.17) is 0 Å². The van der Waals surface area contributed by atoms with Crippen LogP contribution in [0.2, 0.25) is 0 Å². The van der Waals surface area contributed by atoms with E-state index in [1.807, 2.05) is 0 Å². The Bertz CT molecular complexity index is 763. The largest absolute Gasteiger partial charge is 0.355 e. The van der Waals surface area contributed by atoms with Crippen LogP contribution < -0.4 is 10.2 Å². The Hall–Kier alpha value is -1.93. The standard InChI is InChI=1S/C21H32FN5OS/c1-5-7-14-27-20(18(6-2)26(3)4)24-25-21(27)29-15-19(28)23-13-12-16-8-10-17(22)11-9-16/h8-11,18H,5-7,12-15H2,1-4H3,(H,23,28)/p+1/t18-/m1/s1. The second-order valence-electron chi connectivity index (χ2n) is 7.40. The van der Waals surface area contributed by atoms with Gasteiger partial charge in [-0.3, -0.25) is 4.79 Å². The number of carbonyl (C=O) groups excluding carboxylic acids is 1. The Morgan fingerprint density at radius 3 is 2.59 bits per heavy atom. The van der Waals surface area contributed by atoms with Crippen LogP contribution in [0.3, 0.4) is 0 Å². The zero-order chi connectivity index (χ0) is 21.2. The molecule has 0 radical (unpaired) electrons. The summed E-state index contributed by atoms with van der Waals surface area (Å²) in [5, 5.41) is 12.6. The summed E-state index contributed by atoms with van der Waals surface area (Å²) in [6.07, 6.45) is 3.82. The molecule has 2 aromatic rings. The van der Waals surface area contributed by atoms with Crippen LogP contribution in [0.1, 0.15) is 50.5 Å². The van der Waals surface area contributed by atoms with E-state index in [0.29, 0.717) is 24.8 Å². The average Bonchev–Trinajstić information content (AvgIpc) is 3.09. The van der Waals surface area contributed by atoms with Crippen molar-refractivity contribution >= 4 is 17.7 Å². The zero-order valence-electron chi connectivity index (χ0n) is 17.9. The minimum Gasteiger partial charge on any atom is -0.355 e. The van der Waals surface area contributed by atoms with Crippen LogP contribution in [-0.2, 0) is 17.8 Å². The molecule has 0 aliphatic carbocycles. The number of carbonyl (C=O) groups is 1. The molecule has 160 valence electrons. The molecular weight excluding hydrogens is 389 g/mol. The van der Waals surface area contributed by atoms with Gasteiger partial charge < -0.3 is 14.8 Å². The fraction of sp³-hybridized carbons (Fsp3) is 0.571. The number of nitrogens with zero attached hydrogens (tertiary/aromatic N) is 3. The van der Waals surface area contributed by atoms with E-state index < -0.39 is 0 Å². The minimum atomic E-state index is -0.248. The van der Waals surface area contributed by atoms with Crippen LogP contribution in [0.25, 0.3) is 0 Å². The molecule has 1 aromatic heterocycles. The highest BCUT2D eigenvalue weighted by Crippen LogP contribution is 2.21. The smallest absolute Gasteiger partial charge is 0.230 e. The van der Waals surface area contributed by atoms with Gasteiger partial charge in [-0.05, 0) is 30.5 Å². The molecule has 1 heterocycles. The second-order valence-corrected chi connectivity index (χ2v) is 8.34. The molecule has 0 aliphatic heterocycles. The summed E-state index contributed by atoms with van der Waals surface area (Å²) < 4.78 is 15.1. The van der Waals surface area contributed by atoms with Crippen molar-refractivity contribution < 1.29 is 14.1 Å². The molecule has 0 spiro atoms. The Balaban J connectivity index is 1.91. The van der Waals surface area contributed by atoms with Gasteiger partial charge >= 0.3 is 0 Å². The van der Waals surface area contributed by atoms with E-state index in [2.05, 4.69) is 48.0 Å². The number of benzene rings is 1. The number of quaternary nitrogens is 1. The summed E-state index contributed by atoms with van der Waals surface area (Å²) in [6, 6.07) is 6.65. The van der Waals surface area contributed by atoms with E-state index in [0.717, 1.165) is 42.4 Å². The van der Waals surface area contributed by atoms with E-state index in [1.54, 1.807) is 12.1 Å². The third-order valence-electron chi connectivity index (χ3n) is 4.88. The first-order valence-electron chi connectivity index (χ1n) is 10.3. The SMILES string of the molecule is CCCCn1c(SCC(=O)NCCc2ccc(F)cc2)nnc1[C@@H](CC)[NH+](C)C. The van der Waals surface area contributed by atoms with Crippen LogP contribution in [0.5, 0.6) is 0 Å². The number of amides is 1. The lowest BCUT2D eigenvalue weighted by Crippen LogP contribution is -3.06. The Morgan fingerprint density at radius 2 is 1.97 bits per heavy atom. The van der Waals surface area contributed by atoms with Crippen molar-refractivity contribution in [2.75, 3.05) is 26.4 Å². The number of unbranched alkanes of at least 4 members (excludes halogenated alkanes) is 1. The maximum atomic E-state index is 12.9. The van der Waals surface area contributed by atoms with Crippen molar-refractivity contribution in [3.8, 4) is 0 Å². The van der Waals surface area contributed by atoms with E-state index in [1.165, 1.54) is 28.8 Å². The van der Waals surface area contributed by atoms with Gasteiger partial charge in [0.2, 0.25) is 5.91 Å². The maximum Gasteiger partial charge on any atom is 0.230 e. The molecule has 1 atom stereocenters. The molecule has 0 unspecified atom stereocenters. The van der Waals surface area contributed by atoms with Crippen molar-refractivity contribution in [1.29, 1.82) is 0 Å². The first-order valence-corrected chi connectivity index (χ1v) is 11.3. The van der Waals surface area contributed by atoms with Gasteiger partial charge in [-0.25, -0.2) is 4.39 Å². The minimum absolute atomic E-state index is 0.0334. The Morgan fingerprint density at radius 1 is 1.24 bits per heavy atom. The van der Waals surface area contributed by atoms with Gasteiger partial charge in [0.15, 0.2) is 11.0 Å². The highest BCUT2D eigenvalue weighted by atomic mass is 32.2. The number of rotatable bonds is 12. The van der Waals surface area contributed by atoms with E-state index >= 15 is 0 Å². The molecule has 29 heavy (non-hydrogen) atoms. The zero-order valence-corrected chi connectivity index (χ0v) is 18.7. The molecule has 2 N–H and O–H groups in total. The summed E-state index contributed by atoms with van der Waals surface area (Å²) in [4.78, 5) is 13.6. The number of hydrogen-bond acceptors (Lipinski definition) is 4. The number of halogens is 1. The molecule has 0 bridgehead atoms. The molecule has 1 amide bonds. The summed E-state index contributed by atoms with van der Waals surface area (Å²) in [5.41, 5.74) is 1.00. The van der Waals surface area contributed by atoms with Crippen LogP contribution in [0.15, 0.2) is 29.4 Å². The summed E-state index contributed by atoms with van der Waals surface area (Å²) >= 11 is 1.43. The lowest BCUT2D eigenvalue weighted by atomic mass is 10.1. The molecule has 6 nitrogen and oxygen atoms in total. The average molecular weight is 423 g/mol. The fourth-order valence-electron chi connectivity index (χ4n) is 3.22. The number of nitrogens with one attached hydrogen (secondary N) is 2. The predicted octanol–water partition coefficient (Wildman–Crippen LogP) is 2.26. The highest BCUT2D eigenvalue weighted by molar-refractivity contribution is 7.99. The van der Waals surface area contributed by atoms with Crippen molar-refractivity contribution in [3.05, 3.63) is 41.5 Å². The van der Waals surface area contributed by atoms with Gasteiger partial charge in [0.1, 0.15) is 11.9 Å². The van der Waals surface area contributed by atoms with Crippen LogP contribution >= 0.6 is 11.8 Å². The lowest BCUT2D eigenvalue weighted by molar-refractivity contribution is -0.893.